The van der Waals surface area contributed by atoms with Gasteiger partial charge in [-0.2, -0.15) is 5.10 Å². The van der Waals surface area contributed by atoms with Crippen molar-refractivity contribution in [1.82, 2.24) is 10.2 Å². The van der Waals surface area contributed by atoms with Gasteiger partial charge >= 0.3 is 6.36 Å². The van der Waals surface area contributed by atoms with Crippen molar-refractivity contribution in [3.8, 4) is 17.4 Å². The average molecular weight is 305 g/mol. The van der Waals surface area contributed by atoms with Crippen molar-refractivity contribution in [2.24, 2.45) is 0 Å². The molecule has 0 saturated heterocycles. The third-order valence-corrected chi connectivity index (χ3v) is 2.40. The van der Waals surface area contributed by atoms with Crippen LogP contribution in [0.25, 0.3) is 0 Å². The molecule has 0 N–H and O–H groups in total. The van der Waals surface area contributed by atoms with E-state index in [9.17, 15) is 13.2 Å². The van der Waals surface area contributed by atoms with E-state index in [1.807, 2.05) is 0 Å². The highest BCUT2D eigenvalue weighted by Crippen LogP contribution is 2.34. The highest BCUT2D eigenvalue weighted by Gasteiger charge is 2.32. The van der Waals surface area contributed by atoms with Crippen LogP contribution >= 0.6 is 11.6 Å². The van der Waals surface area contributed by atoms with E-state index in [0.29, 0.717) is 5.69 Å². The molecule has 1 aromatic heterocycles. The Hall–Kier alpha value is -2.02. The number of rotatable bonds is 4. The van der Waals surface area contributed by atoms with E-state index in [-0.39, 0.29) is 17.5 Å². The Bertz CT molecular complexity index is 576. The van der Waals surface area contributed by atoms with Gasteiger partial charge in [-0.1, -0.05) is 12.1 Å². The fraction of sp³-hybridized carbons (Fsp3) is 0.167. The zero-order chi connectivity index (χ0) is 14.6. The van der Waals surface area contributed by atoms with Gasteiger partial charge in [-0.25, -0.2) is 0 Å². The maximum Gasteiger partial charge on any atom is 0.573 e. The Kier molecular flexibility index (Phi) is 4.29. The van der Waals surface area contributed by atoms with E-state index < -0.39 is 12.1 Å². The fourth-order valence-electron chi connectivity index (χ4n) is 1.33. The maximum atomic E-state index is 12.2. The van der Waals surface area contributed by atoms with Crippen LogP contribution < -0.4 is 9.47 Å². The van der Waals surface area contributed by atoms with E-state index in [0.717, 1.165) is 6.07 Å². The molecule has 0 bridgehead atoms. The standard InChI is InChI=1S/C12H8ClF3N2O2/c13-7-8-5-6-11(18-17-8)19-9-3-1-2-4-10(9)20-12(14,15)16/h1-6H,7H2. The summed E-state index contributed by atoms with van der Waals surface area (Å²) in [4.78, 5) is 0. The van der Waals surface area contributed by atoms with E-state index in [4.69, 9.17) is 16.3 Å². The smallest absolute Gasteiger partial charge is 0.434 e. The van der Waals surface area contributed by atoms with Gasteiger partial charge in [0.1, 0.15) is 0 Å². The molecule has 4 nitrogen and oxygen atoms in total. The first-order valence-electron chi connectivity index (χ1n) is 5.39. The lowest BCUT2D eigenvalue weighted by molar-refractivity contribution is -0.275. The van der Waals surface area contributed by atoms with E-state index >= 15 is 0 Å². The SMILES string of the molecule is FC(F)(F)Oc1ccccc1Oc1ccc(CCl)nn1. The van der Waals surface area contributed by atoms with Gasteiger partial charge in [0.15, 0.2) is 11.5 Å². The van der Waals surface area contributed by atoms with Gasteiger partial charge in [-0.05, 0) is 18.2 Å². The van der Waals surface area contributed by atoms with Gasteiger partial charge in [0.25, 0.3) is 0 Å². The number of benzene rings is 1. The molecule has 2 rings (SSSR count). The van der Waals surface area contributed by atoms with Gasteiger partial charge < -0.3 is 9.47 Å². The second kappa shape index (κ2) is 5.96. The minimum absolute atomic E-state index is 0.0390. The molecule has 0 aliphatic rings. The summed E-state index contributed by atoms with van der Waals surface area (Å²) in [6.45, 7) is 0. The Balaban J connectivity index is 2.19. The normalized spacial score (nSPS) is 11.2. The first kappa shape index (κ1) is 14.4. The zero-order valence-corrected chi connectivity index (χ0v) is 10.6. The molecule has 0 radical (unpaired) electrons. The molecule has 1 heterocycles. The van der Waals surface area contributed by atoms with Gasteiger partial charge in [0, 0.05) is 6.07 Å². The number of hydrogen-bond donors (Lipinski definition) is 0. The molecule has 0 amide bonds. The first-order chi connectivity index (χ1) is 9.48. The minimum Gasteiger partial charge on any atom is -0.434 e. The van der Waals surface area contributed by atoms with E-state index in [1.165, 1.54) is 24.3 Å². The largest absolute Gasteiger partial charge is 0.573 e. The Morgan fingerprint density at radius 2 is 1.70 bits per heavy atom. The molecular formula is C12H8ClF3N2O2. The van der Waals surface area contributed by atoms with Crippen molar-refractivity contribution in [1.29, 1.82) is 0 Å². The molecule has 8 heteroatoms. The zero-order valence-electron chi connectivity index (χ0n) is 9.89. The van der Waals surface area contributed by atoms with Crippen molar-refractivity contribution in [3.63, 3.8) is 0 Å². The molecular weight excluding hydrogens is 297 g/mol. The molecule has 0 saturated carbocycles. The van der Waals surface area contributed by atoms with Crippen LogP contribution in [0.1, 0.15) is 5.69 Å². The van der Waals surface area contributed by atoms with Crippen molar-refractivity contribution < 1.29 is 22.6 Å². The number of hydrogen-bond acceptors (Lipinski definition) is 4. The van der Waals surface area contributed by atoms with Crippen LogP contribution in [0, 0.1) is 0 Å². The van der Waals surface area contributed by atoms with Crippen molar-refractivity contribution in [2.75, 3.05) is 0 Å². The second-order valence-electron chi connectivity index (χ2n) is 3.59. The fourth-order valence-corrected chi connectivity index (χ4v) is 1.47. The van der Waals surface area contributed by atoms with Crippen LogP contribution in [0.2, 0.25) is 0 Å². The van der Waals surface area contributed by atoms with Crippen molar-refractivity contribution in [2.45, 2.75) is 12.2 Å². The number of aromatic nitrogens is 2. The summed E-state index contributed by atoms with van der Waals surface area (Å²) in [5.41, 5.74) is 0.527. The van der Waals surface area contributed by atoms with Crippen LogP contribution in [-0.4, -0.2) is 16.6 Å². The topological polar surface area (TPSA) is 44.2 Å². The predicted molar refractivity (Wildman–Crippen MR) is 64.8 cm³/mol. The van der Waals surface area contributed by atoms with Crippen LogP contribution in [0.3, 0.4) is 0 Å². The molecule has 2 aromatic rings. The van der Waals surface area contributed by atoms with Crippen LogP contribution in [0.5, 0.6) is 17.4 Å². The minimum atomic E-state index is -4.80. The summed E-state index contributed by atoms with van der Waals surface area (Å²) >= 11 is 5.55. The lowest BCUT2D eigenvalue weighted by Gasteiger charge is -2.12. The summed E-state index contributed by atoms with van der Waals surface area (Å²) in [7, 11) is 0. The number of halogens is 4. The highest BCUT2D eigenvalue weighted by molar-refractivity contribution is 6.16. The Labute approximate surface area is 117 Å². The molecule has 1 aromatic carbocycles. The number of alkyl halides is 4. The van der Waals surface area contributed by atoms with Gasteiger partial charge in [-0.15, -0.1) is 29.9 Å². The van der Waals surface area contributed by atoms with Crippen molar-refractivity contribution >= 4 is 11.6 Å². The third-order valence-electron chi connectivity index (χ3n) is 2.12. The molecule has 0 aliphatic carbocycles. The van der Waals surface area contributed by atoms with Crippen LogP contribution in [0.4, 0.5) is 13.2 Å². The molecule has 0 unspecified atom stereocenters. The number of ether oxygens (including phenoxy) is 2. The monoisotopic (exact) mass is 304 g/mol. The van der Waals surface area contributed by atoms with E-state index in [1.54, 1.807) is 6.07 Å². The summed E-state index contributed by atoms with van der Waals surface area (Å²) in [5, 5.41) is 7.42. The number of para-hydroxylation sites is 2. The summed E-state index contributed by atoms with van der Waals surface area (Å²) in [5.74, 6) is -0.348. The highest BCUT2D eigenvalue weighted by atomic mass is 35.5. The lowest BCUT2D eigenvalue weighted by atomic mass is 10.3. The molecule has 0 fully saturated rings. The maximum absolute atomic E-state index is 12.2. The van der Waals surface area contributed by atoms with Crippen LogP contribution in [-0.2, 0) is 5.88 Å². The lowest BCUT2D eigenvalue weighted by Crippen LogP contribution is -2.17. The molecule has 0 aliphatic heterocycles. The quantitative estimate of drug-likeness (QED) is 0.803. The van der Waals surface area contributed by atoms with Gasteiger partial charge in [0.05, 0.1) is 11.6 Å². The second-order valence-corrected chi connectivity index (χ2v) is 3.86. The summed E-state index contributed by atoms with van der Waals surface area (Å²) < 4.78 is 45.8. The Morgan fingerprint density at radius 3 is 2.25 bits per heavy atom. The average Bonchev–Trinajstić information content (AvgIpc) is 2.40. The summed E-state index contributed by atoms with van der Waals surface area (Å²) in [6, 6.07) is 8.40. The first-order valence-corrected chi connectivity index (χ1v) is 5.92. The molecule has 0 spiro atoms. The predicted octanol–water partition coefficient (Wildman–Crippen LogP) is 3.91. The van der Waals surface area contributed by atoms with Crippen LogP contribution in [0.15, 0.2) is 36.4 Å². The third kappa shape index (κ3) is 3.99. The molecule has 0 atom stereocenters. The summed E-state index contributed by atoms with van der Waals surface area (Å²) in [6.07, 6.45) is -4.80. The van der Waals surface area contributed by atoms with E-state index in [2.05, 4.69) is 14.9 Å². The molecule has 20 heavy (non-hydrogen) atoms. The van der Waals surface area contributed by atoms with Gasteiger partial charge in [0.2, 0.25) is 5.88 Å². The molecule has 106 valence electrons. The van der Waals surface area contributed by atoms with Crippen molar-refractivity contribution in [3.05, 3.63) is 42.1 Å². The number of nitrogens with zero attached hydrogens (tertiary/aromatic N) is 2. The van der Waals surface area contributed by atoms with Gasteiger partial charge in [-0.3, -0.25) is 0 Å². The Morgan fingerprint density at radius 1 is 1.00 bits per heavy atom.